The Morgan fingerprint density at radius 2 is 1.91 bits per heavy atom. The lowest BCUT2D eigenvalue weighted by molar-refractivity contribution is 0.0648. The standard InChI is InChI=1S/C18H25N3OS/c1-2-19-7-9-20(10-8-19)18(22)16-11-14-12-21(13-17(14)23-16)15-5-3-4-6-15/h11-13,15H,2-10H2,1H3. The van der Waals surface area contributed by atoms with E-state index in [0.29, 0.717) is 6.04 Å². The summed E-state index contributed by atoms with van der Waals surface area (Å²) < 4.78 is 3.63. The summed E-state index contributed by atoms with van der Waals surface area (Å²) in [5, 5.41) is 1.23. The first-order valence-corrected chi connectivity index (χ1v) is 9.69. The number of amides is 1. The van der Waals surface area contributed by atoms with Crippen molar-refractivity contribution in [1.29, 1.82) is 0 Å². The number of carbonyl (C=O) groups is 1. The quantitative estimate of drug-likeness (QED) is 0.860. The second kappa shape index (κ2) is 6.29. The number of piperazine rings is 1. The largest absolute Gasteiger partial charge is 0.349 e. The van der Waals surface area contributed by atoms with Crippen LogP contribution < -0.4 is 0 Å². The van der Waals surface area contributed by atoms with Crippen LogP contribution in [0.15, 0.2) is 18.5 Å². The van der Waals surface area contributed by atoms with Crippen molar-refractivity contribution >= 4 is 27.3 Å². The molecule has 1 saturated carbocycles. The van der Waals surface area contributed by atoms with Crippen LogP contribution >= 0.6 is 11.3 Å². The van der Waals surface area contributed by atoms with Gasteiger partial charge in [-0.15, -0.1) is 11.3 Å². The van der Waals surface area contributed by atoms with E-state index in [-0.39, 0.29) is 5.91 Å². The molecule has 2 aliphatic rings. The van der Waals surface area contributed by atoms with Crippen LogP contribution in [0.3, 0.4) is 0 Å². The van der Waals surface area contributed by atoms with Crippen molar-refractivity contribution in [2.24, 2.45) is 0 Å². The van der Waals surface area contributed by atoms with Gasteiger partial charge in [0.15, 0.2) is 0 Å². The lowest BCUT2D eigenvalue weighted by atomic mass is 10.2. The Hall–Kier alpha value is -1.33. The zero-order valence-corrected chi connectivity index (χ0v) is 14.6. The summed E-state index contributed by atoms with van der Waals surface area (Å²) in [4.78, 5) is 18.0. The SMILES string of the molecule is CCN1CCN(C(=O)c2cc3cn(C4CCCC4)cc3s2)CC1. The van der Waals surface area contributed by atoms with Gasteiger partial charge in [0, 0.05) is 50.0 Å². The Kier molecular flexibility index (Phi) is 4.16. The molecule has 1 saturated heterocycles. The van der Waals surface area contributed by atoms with Crippen LogP contribution in [0.5, 0.6) is 0 Å². The predicted octanol–water partition coefficient (Wildman–Crippen LogP) is 3.60. The third-order valence-electron chi connectivity index (χ3n) is 5.41. The van der Waals surface area contributed by atoms with Gasteiger partial charge in [0.05, 0.1) is 9.58 Å². The lowest BCUT2D eigenvalue weighted by Gasteiger charge is -2.33. The van der Waals surface area contributed by atoms with E-state index in [4.69, 9.17) is 0 Å². The van der Waals surface area contributed by atoms with Gasteiger partial charge in [-0.1, -0.05) is 19.8 Å². The summed E-state index contributed by atoms with van der Waals surface area (Å²) in [6.45, 7) is 6.98. The molecule has 1 amide bonds. The third kappa shape index (κ3) is 2.92. The van der Waals surface area contributed by atoms with Gasteiger partial charge < -0.3 is 14.4 Å². The van der Waals surface area contributed by atoms with E-state index in [1.165, 1.54) is 35.8 Å². The molecule has 1 aliphatic carbocycles. The van der Waals surface area contributed by atoms with Crippen LogP contribution in [0.1, 0.15) is 48.3 Å². The number of carbonyl (C=O) groups excluding carboxylic acids is 1. The van der Waals surface area contributed by atoms with E-state index in [2.05, 4.69) is 34.9 Å². The van der Waals surface area contributed by atoms with E-state index in [1.807, 2.05) is 4.90 Å². The van der Waals surface area contributed by atoms with Crippen LogP contribution in [0, 0.1) is 0 Å². The smallest absolute Gasteiger partial charge is 0.264 e. The van der Waals surface area contributed by atoms with Crippen molar-refractivity contribution in [1.82, 2.24) is 14.4 Å². The second-order valence-corrected chi connectivity index (χ2v) is 7.88. The number of hydrogen-bond acceptors (Lipinski definition) is 3. The first-order valence-electron chi connectivity index (χ1n) is 8.87. The molecule has 3 heterocycles. The van der Waals surface area contributed by atoms with Gasteiger partial charge in [0.2, 0.25) is 0 Å². The third-order valence-corrected chi connectivity index (χ3v) is 6.48. The fourth-order valence-electron chi connectivity index (χ4n) is 3.90. The van der Waals surface area contributed by atoms with Crippen LogP contribution in [0.2, 0.25) is 0 Å². The molecule has 0 radical (unpaired) electrons. The average Bonchev–Trinajstić information content (AvgIpc) is 3.29. The first kappa shape index (κ1) is 15.2. The maximum absolute atomic E-state index is 12.7. The monoisotopic (exact) mass is 331 g/mol. The predicted molar refractivity (Wildman–Crippen MR) is 95.3 cm³/mol. The minimum atomic E-state index is 0.217. The Morgan fingerprint density at radius 3 is 2.57 bits per heavy atom. The second-order valence-electron chi connectivity index (χ2n) is 6.80. The molecule has 0 N–H and O–H groups in total. The lowest BCUT2D eigenvalue weighted by Crippen LogP contribution is -2.48. The summed E-state index contributed by atoms with van der Waals surface area (Å²) in [6, 6.07) is 2.77. The summed E-state index contributed by atoms with van der Waals surface area (Å²) in [5.41, 5.74) is 0. The van der Waals surface area contributed by atoms with Gasteiger partial charge in [-0.05, 0) is 25.5 Å². The molecular weight excluding hydrogens is 306 g/mol. The highest BCUT2D eigenvalue weighted by atomic mass is 32.1. The molecule has 1 aliphatic heterocycles. The van der Waals surface area contributed by atoms with Gasteiger partial charge in [-0.3, -0.25) is 4.79 Å². The maximum Gasteiger partial charge on any atom is 0.264 e. The Balaban J connectivity index is 1.48. The molecule has 124 valence electrons. The molecule has 0 atom stereocenters. The zero-order valence-electron chi connectivity index (χ0n) is 13.8. The molecule has 0 unspecified atom stereocenters. The molecule has 0 bridgehead atoms. The number of nitrogens with zero attached hydrogens (tertiary/aromatic N) is 3. The zero-order chi connectivity index (χ0) is 15.8. The molecule has 0 aromatic carbocycles. The molecule has 2 aromatic heterocycles. The molecule has 0 spiro atoms. The van der Waals surface area contributed by atoms with Crippen LogP contribution in [-0.2, 0) is 0 Å². The number of aromatic nitrogens is 1. The van der Waals surface area contributed by atoms with Crippen LogP contribution in [0.25, 0.3) is 10.1 Å². The molecule has 4 nitrogen and oxygen atoms in total. The van der Waals surface area contributed by atoms with Crippen molar-refractivity contribution < 1.29 is 4.79 Å². The average molecular weight is 331 g/mol. The van der Waals surface area contributed by atoms with Gasteiger partial charge in [0.25, 0.3) is 5.91 Å². The highest BCUT2D eigenvalue weighted by molar-refractivity contribution is 7.20. The van der Waals surface area contributed by atoms with Crippen molar-refractivity contribution in [3.05, 3.63) is 23.3 Å². The topological polar surface area (TPSA) is 28.5 Å². The summed E-state index contributed by atoms with van der Waals surface area (Å²) in [6.07, 6.45) is 9.80. The molecule has 23 heavy (non-hydrogen) atoms. The van der Waals surface area contributed by atoms with E-state index in [1.54, 1.807) is 11.3 Å². The molecule has 4 rings (SSSR count). The van der Waals surface area contributed by atoms with Crippen molar-refractivity contribution in [2.45, 2.75) is 38.6 Å². The first-order chi connectivity index (χ1) is 11.2. The Bertz CT molecular complexity index is 659. The normalized spacial score (nSPS) is 20.7. The number of rotatable bonds is 3. The summed E-state index contributed by atoms with van der Waals surface area (Å²) in [5.74, 6) is 0.217. The van der Waals surface area contributed by atoms with Crippen molar-refractivity contribution in [3.8, 4) is 0 Å². The van der Waals surface area contributed by atoms with Crippen LogP contribution in [-0.4, -0.2) is 53.0 Å². The van der Waals surface area contributed by atoms with E-state index < -0.39 is 0 Å². The summed E-state index contributed by atoms with van der Waals surface area (Å²) >= 11 is 1.66. The van der Waals surface area contributed by atoms with Crippen molar-refractivity contribution in [3.63, 3.8) is 0 Å². The highest BCUT2D eigenvalue weighted by Crippen LogP contribution is 2.34. The Labute approximate surface area is 141 Å². The molecule has 5 heteroatoms. The highest BCUT2D eigenvalue weighted by Gasteiger charge is 2.24. The minimum absolute atomic E-state index is 0.217. The number of thiophene rings is 1. The van der Waals surface area contributed by atoms with E-state index in [0.717, 1.165) is 37.6 Å². The van der Waals surface area contributed by atoms with Gasteiger partial charge in [-0.25, -0.2) is 0 Å². The fourth-order valence-corrected chi connectivity index (χ4v) is 4.94. The maximum atomic E-state index is 12.7. The Morgan fingerprint density at radius 1 is 1.17 bits per heavy atom. The van der Waals surface area contributed by atoms with Gasteiger partial charge in [-0.2, -0.15) is 0 Å². The number of hydrogen-bond donors (Lipinski definition) is 0. The van der Waals surface area contributed by atoms with Crippen LogP contribution in [0.4, 0.5) is 0 Å². The molecule has 2 fully saturated rings. The number of fused-ring (bicyclic) bond motifs is 1. The summed E-state index contributed by atoms with van der Waals surface area (Å²) in [7, 11) is 0. The number of likely N-dealkylation sites (N-methyl/N-ethyl adjacent to an activating group) is 1. The van der Waals surface area contributed by atoms with Gasteiger partial charge >= 0.3 is 0 Å². The van der Waals surface area contributed by atoms with Gasteiger partial charge in [0.1, 0.15) is 0 Å². The van der Waals surface area contributed by atoms with E-state index >= 15 is 0 Å². The fraction of sp³-hybridized carbons (Fsp3) is 0.611. The molecular formula is C18H25N3OS. The van der Waals surface area contributed by atoms with E-state index in [9.17, 15) is 4.79 Å². The molecule has 2 aromatic rings. The minimum Gasteiger partial charge on any atom is -0.349 e. The van der Waals surface area contributed by atoms with Crippen molar-refractivity contribution in [2.75, 3.05) is 32.7 Å².